The zero-order valence-corrected chi connectivity index (χ0v) is 16.0. The SMILES string of the molecule is Cc1nnc(C2=CNC(O)NC2O)cc1-c1ccn(Cc2ccc(C#N)cc2F)c1. The van der Waals surface area contributed by atoms with Gasteiger partial charge >= 0.3 is 0 Å². The van der Waals surface area contributed by atoms with E-state index < -0.39 is 18.4 Å². The van der Waals surface area contributed by atoms with Crippen LogP contribution in [0.2, 0.25) is 0 Å². The third-order valence-corrected chi connectivity index (χ3v) is 4.88. The van der Waals surface area contributed by atoms with Crippen LogP contribution in [0.5, 0.6) is 0 Å². The van der Waals surface area contributed by atoms with Crippen LogP contribution < -0.4 is 10.6 Å². The molecular weight excluding hydrogens is 387 g/mol. The molecule has 0 saturated carbocycles. The minimum absolute atomic E-state index is 0.283. The van der Waals surface area contributed by atoms with E-state index in [2.05, 4.69) is 20.8 Å². The molecule has 0 bridgehead atoms. The van der Waals surface area contributed by atoms with E-state index in [1.54, 1.807) is 18.2 Å². The van der Waals surface area contributed by atoms with Crippen LogP contribution in [0.3, 0.4) is 0 Å². The molecule has 3 heterocycles. The van der Waals surface area contributed by atoms with Gasteiger partial charge in [-0.1, -0.05) is 6.07 Å². The third-order valence-electron chi connectivity index (χ3n) is 4.88. The van der Waals surface area contributed by atoms with E-state index in [1.807, 2.05) is 36.0 Å². The molecular formula is C21H19FN6O2. The van der Waals surface area contributed by atoms with Crippen molar-refractivity contribution >= 4 is 5.57 Å². The summed E-state index contributed by atoms with van der Waals surface area (Å²) in [5.74, 6) is -0.422. The summed E-state index contributed by atoms with van der Waals surface area (Å²) in [5, 5.41) is 42.1. The van der Waals surface area contributed by atoms with E-state index in [4.69, 9.17) is 5.26 Å². The van der Waals surface area contributed by atoms with Gasteiger partial charge in [-0.3, -0.25) is 0 Å². The van der Waals surface area contributed by atoms with Crippen molar-refractivity contribution in [1.82, 2.24) is 25.4 Å². The summed E-state index contributed by atoms with van der Waals surface area (Å²) in [7, 11) is 0. The summed E-state index contributed by atoms with van der Waals surface area (Å²) in [4.78, 5) is 0. The van der Waals surface area contributed by atoms with Crippen LogP contribution in [0, 0.1) is 24.1 Å². The average Bonchev–Trinajstić information content (AvgIpc) is 3.18. The van der Waals surface area contributed by atoms with Crippen molar-refractivity contribution in [3.05, 3.63) is 77.3 Å². The van der Waals surface area contributed by atoms with E-state index in [9.17, 15) is 14.6 Å². The smallest absolute Gasteiger partial charge is 0.183 e. The summed E-state index contributed by atoms with van der Waals surface area (Å²) in [6, 6.07) is 10.0. The predicted molar refractivity (Wildman–Crippen MR) is 107 cm³/mol. The molecule has 0 amide bonds. The first-order valence-corrected chi connectivity index (χ1v) is 9.22. The molecule has 4 N–H and O–H groups in total. The maximum Gasteiger partial charge on any atom is 0.183 e. The van der Waals surface area contributed by atoms with E-state index >= 15 is 0 Å². The molecule has 2 aromatic heterocycles. The molecule has 1 aliphatic heterocycles. The molecule has 30 heavy (non-hydrogen) atoms. The highest BCUT2D eigenvalue weighted by molar-refractivity contribution is 5.72. The largest absolute Gasteiger partial charge is 0.374 e. The molecule has 4 rings (SSSR count). The van der Waals surface area contributed by atoms with Gasteiger partial charge in [-0.25, -0.2) is 9.71 Å². The predicted octanol–water partition coefficient (Wildman–Crippen LogP) is 1.44. The molecule has 1 aliphatic rings. The van der Waals surface area contributed by atoms with E-state index in [0.29, 0.717) is 29.1 Å². The number of nitrogens with one attached hydrogen (secondary N) is 2. The van der Waals surface area contributed by atoms with Crippen LogP contribution in [0.4, 0.5) is 4.39 Å². The van der Waals surface area contributed by atoms with Gasteiger partial charge in [-0.05, 0) is 31.2 Å². The van der Waals surface area contributed by atoms with Crippen molar-refractivity contribution in [3.63, 3.8) is 0 Å². The number of rotatable bonds is 4. The summed E-state index contributed by atoms with van der Waals surface area (Å²) in [6.07, 6.45) is 3.07. The molecule has 0 radical (unpaired) electrons. The Morgan fingerprint density at radius 1 is 1.23 bits per heavy atom. The van der Waals surface area contributed by atoms with Gasteiger partial charge < -0.3 is 20.1 Å². The summed E-state index contributed by atoms with van der Waals surface area (Å²) >= 11 is 0. The molecule has 0 aliphatic carbocycles. The Labute approximate surface area is 171 Å². The van der Waals surface area contributed by atoms with Gasteiger partial charge in [0.2, 0.25) is 0 Å². The van der Waals surface area contributed by atoms with Gasteiger partial charge in [0.1, 0.15) is 12.0 Å². The number of aromatic nitrogens is 3. The van der Waals surface area contributed by atoms with Crippen LogP contribution in [0.25, 0.3) is 16.7 Å². The van der Waals surface area contributed by atoms with Crippen molar-refractivity contribution < 1.29 is 14.6 Å². The van der Waals surface area contributed by atoms with E-state index in [1.165, 1.54) is 12.3 Å². The van der Waals surface area contributed by atoms with Crippen molar-refractivity contribution in [2.45, 2.75) is 26.0 Å². The minimum Gasteiger partial charge on any atom is -0.374 e. The van der Waals surface area contributed by atoms with Crippen LogP contribution in [0.1, 0.15) is 22.5 Å². The first-order valence-electron chi connectivity index (χ1n) is 9.22. The Balaban J connectivity index is 1.61. The van der Waals surface area contributed by atoms with Gasteiger partial charge in [0, 0.05) is 47.4 Å². The fourth-order valence-corrected chi connectivity index (χ4v) is 3.28. The summed E-state index contributed by atoms with van der Waals surface area (Å²) in [6.45, 7) is 2.15. The Morgan fingerprint density at radius 2 is 2.07 bits per heavy atom. The van der Waals surface area contributed by atoms with Gasteiger partial charge in [0.05, 0.1) is 23.0 Å². The fraction of sp³-hybridized carbons (Fsp3) is 0.190. The minimum atomic E-state index is -1.09. The van der Waals surface area contributed by atoms with Gasteiger partial charge in [-0.15, -0.1) is 0 Å². The molecule has 2 unspecified atom stereocenters. The molecule has 152 valence electrons. The van der Waals surface area contributed by atoms with Crippen LogP contribution >= 0.6 is 0 Å². The van der Waals surface area contributed by atoms with Crippen molar-refractivity contribution in [1.29, 1.82) is 5.26 Å². The number of aryl methyl sites for hydroxylation is 1. The van der Waals surface area contributed by atoms with E-state index in [-0.39, 0.29) is 5.56 Å². The zero-order valence-electron chi connectivity index (χ0n) is 16.0. The lowest BCUT2D eigenvalue weighted by molar-refractivity contribution is 0.0482. The maximum absolute atomic E-state index is 14.2. The van der Waals surface area contributed by atoms with Crippen molar-refractivity contribution in [2.75, 3.05) is 0 Å². The molecule has 3 aromatic rings. The van der Waals surface area contributed by atoms with Gasteiger partial charge in [0.25, 0.3) is 0 Å². The zero-order chi connectivity index (χ0) is 21.3. The van der Waals surface area contributed by atoms with Crippen LogP contribution in [-0.4, -0.2) is 37.6 Å². The Kier molecular flexibility index (Phi) is 5.29. The molecule has 1 aromatic carbocycles. The topological polar surface area (TPSA) is 119 Å². The first-order chi connectivity index (χ1) is 14.4. The lowest BCUT2D eigenvalue weighted by atomic mass is 10.0. The van der Waals surface area contributed by atoms with Crippen molar-refractivity contribution in [3.8, 4) is 17.2 Å². The Hall–Kier alpha value is -3.58. The fourth-order valence-electron chi connectivity index (χ4n) is 3.28. The Morgan fingerprint density at radius 3 is 2.80 bits per heavy atom. The number of aliphatic hydroxyl groups excluding tert-OH is 2. The quantitative estimate of drug-likeness (QED) is 0.518. The second-order valence-electron chi connectivity index (χ2n) is 6.96. The monoisotopic (exact) mass is 406 g/mol. The van der Waals surface area contributed by atoms with Gasteiger partial charge in [0.15, 0.2) is 6.35 Å². The summed E-state index contributed by atoms with van der Waals surface area (Å²) < 4.78 is 16.0. The first kappa shape index (κ1) is 19.7. The Bertz CT molecular complexity index is 1170. The third kappa shape index (κ3) is 3.92. The number of nitrogens with zero attached hydrogens (tertiary/aromatic N) is 4. The standard InChI is InChI=1S/C21H19FN6O2/c1-12-16(7-19(27-26-12)17-9-24-21(30)25-20(17)29)14-4-5-28(10-14)11-15-3-2-13(8-23)6-18(15)22/h2-7,9-10,20-21,24-25,29-30H,11H2,1H3. The van der Waals surface area contributed by atoms with Gasteiger partial charge in [-0.2, -0.15) is 15.5 Å². The number of benzene rings is 1. The molecule has 0 saturated heterocycles. The number of hydrogen-bond donors (Lipinski definition) is 4. The maximum atomic E-state index is 14.2. The molecule has 0 spiro atoms. The van der Waals surface area contributed by atoms with Crippen LogP contribution in [0.15, 0.2) is 48.9 Å². The van der Waals surface area contributed by atoms with Crippen LogP contribution in [-0.2, 0) is 6.54 Å². The molecule has 0 fully saturated rings. The molecule has 8 nitrogen and oxygen atoms in total. The number of nitriles is 1. The highest BCUT2D eigenvalue weighted by atomic mass is 19.1. The normalized spacial score (nSPS) is 18.4. The highest BCUT2D eigenvalue weighted by Gasteiger charge is 2.22. The molecule has 2 atom stereocenters. The summed E-state index contributed by atoms with van der Waals surface area (Å²) in [5.41, 5.74) is 4.06. The molecule has 9 heteroatoms. The number of halogens is 1. The lowest BCUT2D eigenvalue weighted by Gasteiger charge is -2.25. The lowest BCUT2D eigenvalue weighted by Crippen LogP contribution is -2.49. The second-order valence-corrected chi connectivity index (χ2v) is 6.96. The van der Waals surface area contributed by atoms with Crippen molar-refractivity contribution in [2.24, 2.45) is 0 Å². The number of hydrogen-bond acceptors (Lipinski definition) is 7. The van der Waals surface area contributed by atoms with E-state index in [0.717, 1.165) is 11.1 Å². The average molecular weight is 406 g/mol. The highest BCUT2D eigenvalue weighted by Crippen LogP contribution is 2.27. The second kappa shape index (κ2) is 8.04. The number of aliphatic hydroxyl groups is 2.